The molecule has 1 aromatic heterocycles. The van der Waals surface area contributed by atoms with Crippen LogP contribution in [0.3, 0.4) is 0 Å². The van der Waals surface area contributed by atoms with E-state index in [0.29, 0.717) is 5.54 Å². The van der Waals surface area contributed by atoms with Gasteiger partial charge < -0.3 is 20.3 Å². The zero-order valence-electron chi connectivity index (χ0n) is 20.4. The standard InChI is InChI=1S/C27H33N5O2/c1-18-5-6-23(32-10-9-28-27(17-32)7-8-27)14-25(18)26(33)30-19(2)20-11-21(13-24(12-20)34-4)22-15-29-31(3)16-22/h5-6,11-16,19,28H,7-10,17H2,1-4H3,(H,30,33)/t19-/m1/s1. The van der Waals surface area contributed by atoms with Crippen LogP contribution in [0.2, 0.25) is 0 Å². The van der Waals surface area contributed by atoms with E-state index >= 15 is 0 Å². The molecule has 1 saturated carbocycles. The number of carbonyl (C=O) groups is 1. The maximum Gasteiger partial charge on any atom is 0.252 e. The van der Waals surface area contributed by atoms with Crippen molar-refractivity contribution in [2.45, 2.75) is 38.3 Å². The molecule has 7 nitrogen and oxygen atoms in total. The number of piperazine rings is 1. The molecule has 0 radical (unpaired) electrons. The lowest BCUT2D eigenvalue weighted by Crippen LogP contribution is -2.52. The van der Waals surface area contributed by atoms with Gasteiger partial charge in [0.15, 0.2) is 0 Å². The minimum Gasteiger partial charge on any atom is -0.497 e. The SMILES string of the molecule is COc1cc(-c2cnn(C)c2)cc([C@@H](C)NC(=O)c2cc(N3CCNC4(CC4)C3)ccc2C)c1. The molecular weight excluding hydrogens is 426 g/mol. The van der Waals surface area contributed by atoms with Gasteiger partial charge in [-0.2, -0.15) is 5.10 Å². The van der Waals surface area contributed by atoms with Gasteiger partial charge in [-0.15, -0.1) is 0 Å². The lowest BCUT2D eigenvalue weighted by Gasteiger charge is -2.36. The number of rotatable bonds is 6. The Morgan fingerprint density at radius 2 is 2.03 bits per heavy atom. The Hall–Kier alpha value is -3.32. The molecule has 2 aliphatic rings. The lowest BCUT2D eigenvalue weighted by molar-refractivity contribution is 0.0939. The second-order valence-electron chi connectivity index (χ2n) is 9.72. The summed E-state index contributed by atoms with van der Waals surface area (Å²) in [6, 6.07) is 12.1. The maximum atomic E-state index is 13.4. The molecular formula is C27H33N5O2. The Morgan fingerprint density at radius 3 is 2.74 bits per heavy atom. The molecule has 2 N–H and O–H groups in total. The maximum absolute atomic E-state index is 13.4. The van der Waals surface area contributed by atoms with Crippen LogP contribution in [-0.2, 0) is 7.05 Å². The predicted octanol–water partition coefficient (Wildman–Crippen LogP) is 3.84. The average Bonchev–Trinajstić information content (AvgIpc) is 3.43. The Morgan fingerprint density at radius 1 is 1.21 bits per heavy atom. The Balaban J connectivity index is 1.36. The molecule has 2 heterocycles. The summed E-state index contributed by atoms with van der Waals surface area (Å²) in [6.07, 6.45) is 6.28. The van der Waals surface area contributed by atoms with Crippen LogP contribution in [-0.4, -0.2) is 48.0 Å². The number of hydrogen-bond acceptors (Lipinski definition) is 5. The quantitative estimate of drug-likeness (QED) is 0.586. The molecule has 3 aromatic rings. The fourth-order valence-electron chi connectivity index (χ4n) is 4.80. The summed E-state index contributed by atoms with van der Waals surface area (Å²) in [5.41, 5.74) is 6.12. The summed E-state index contributed by atoms with van der Waals surface area (Å²) >= 11 is 0. The van der Waals surface area contributed by atoms with Crippen LogP contribution in [0.15, 0.2) is 48.8 Å². The summed E-state index contributed by atoms with van der Waals surface area (Å²) in [7, 11) is 3.56. The van der Waals surface area contributed by atoms with Crippen LogP contribution in [0, 0.1) is 6.92 Å². The van der Waals surface area contributed by atoms with E-state index in [-0.39, 0.29) is 11.9 Å². The number of aromatic nitrogens is 2. The van der Waals surface area contributed by atoms with Gasteiger partial charge in [0, 0.05) is 55.2 Å². The number of carbonyl (C=O) groups excluding carboxylic acids is 1. The minimum atomic E-state index is -0.185. The van der Waals surface area contributed by atoms with E-state index in [1.165, 1.54) is 12.8 Å². The number of hydrogen-bond donors (Lipinski definition) is 2. The Bertz CT molecular complexity index is 1210. The van der Waals surface area contributed by atoms with Crippen molar-refractivity contribution < 1.29 is 9.53 Å². The molecule has 1 aliphatic carbocycles. The smallest absolute Gasteiger partial charge is 0.252 e. The second-order valence-corrected chi connectivity index (χ2v) is 9.72. The minimum absolute atomic E-state index is 0.0612. The van der Waals surface area contributed by atoms with E-state index in [0.717, 1.165) is 58.9 Å². The first kappa shape index (κ1) is 22.5. The third-order valence-electron chi connectivity index (χ3n) is 7.11. The van der Waals surface area contributed by atoms with Crippen molar-refractivity contribution in [2.24, 2.45) is 7.05 Å². The van der Waals surface area contributed by atoms with E-state index in [1.54, 1.807) is 11.8 Å². The van der Waals surface area contributed by atoms with Gasteiger partial charge in [0.1, 0.15) is 5.75 Å². The molecule has 1 amide bonds. The van der Waals surface area contributed by atoms with Crippen molar-refractivity contribution >= 4 is 11.6 Å². The van der Waals surface area contributed by atoms with Crippen LogP contribution in [0.5, 0.6) is 5.75 Å². The number of ether oxygens (including phenoxy) is 1. The van der Waals surface area contributed by atoms with E-state index in [9.17, 15) is 4.79 Å². The average molecular weight is 460 g/mol. The fraction of sp³-hybridized carbons (Fsp3) is 0.407. The van der Waals surface area contributed by atoms with Crippen LogP contribution in [0.25, 0.3) is 11.1 Å². The van der Waals surface area contributed by atoms with Gasteiger partial charge in [0.25, 0.3) is 5.91 Å². The molecule has 1 spiro atoms. The van der Waals surface area contributed by atoms with Crippen LogP contribution >= 0.6 is 0 Å². The van der Waals surface area contributed by atoms with Gasteiger partial charge in [0.05, 0.1) is 19.3 Å². The second kappa shape index (κ2) is 8.80. The Kier molecular flexibility index (Phi) is 5.81. The predicted molar refractivity (Wildman–Crippen MR) is 134 cm³/mol. The summed E-state index contributed by atoms with van der Waals surface area (Å²) < 4.78 is 7.31. The summed E-state index contributed by atoms with van der Waals surface area (Å²) in [5.74, 6) is 0.692. The number of aryl methyl sites for hydroxylation is 2. The van der Waals surface area contributed by atoms with Gasteiger partial charge in [-0.1, -0.05) is 6.07 Å². The number of methoxy groups -OCH3 is 1. The highest BCUT2D eigenvalue weighted by molar-refractivity contribution is 5.97. The third kappa shape index (κ3) is 4.53. The molecule has 2 aromatic carbocycles. The number of nitrogens with zero attached hydrogens (tertiary/aromatic N) is 3. The van der Waals surface area contributed by atoms with Crippen molar-refractivity contribution in [1.82, 2.24) is 20.4 Å². The van der Waals surface area contributed by atoms with Gasteiger partial charge in [-0.3, -0.25) is 9.48 Å². The molecule has 0 bridgehead atoms. The van der Waals surface area contributed by atoms with Gasteiger partial charge in [-0.05, 0) is 73.7 Å². The number of nitrogens with one attached hydrogen (secondary N) is 2. The normalized spacial score (nSPS) is 17.5. The molecule has 7 heteroatoms. The van der Waals surface area contributed by atoms with Crippen LogP contribution in [0.1, 0.15) is 47.3 Å². The summed E-state index contributed by atoms with van der Waals surface area (Å²) in [4.78, 5) is 15.8. The van der Waals surface area contributed by atoms with Gasteiger partial charge in [-0.25, -0.2) is 0 Å². The first-order valence-electron chi connectivity index (χ1n) is 12.0. The topological polar surface area (TPSA) is 71.4 Å². The summed E-state index contributed by atoms with van der Waals surface area (Å²) in [5, 5.41) is 11.1. The zero-order valence-corrected chi connectivity index (χ0v) is 20.4. The highest BCUT2D eigenvalue weighted by Crippen LogP contribution is 2.39. The van der Waals surface area contributed by atoms with Crippen molar-refractivity contribution in [3.8, 4) is 16.9 Å². The number of anilines is 1. The highest BCUT2D eigenvalue weighted by atomic mass is 16.5. The van der Waals surface area contributed by atoms with Crippen LogP contribution < -0.4 is 20.3 Å². The van der Waals surface area contributed by atoms with Crippen LogP contribution in [0.4, 0.5) is 5.69 Å². The van der Waals surface area contributed by atoms with Crippen molar-refractivity contribution in [3.05, 3.63) is 65.5 Å². The first-order chi connectivity index (χ1) is 16.4. The van der Waals surface area contributed by atoms with Crippen molar-refractivity contribution in [3.63, 3.8) is 0 Å². The van der Waals surface area contributed by atoms with E-state index in [2.05, 4.69) is 38.8 Å². The molecule has 2 fully saturated rings. The molecule has 1 saturated heterocycles. The summed E-state index contributed by atoms with van der Waals surface area (Å²) in [6.45, 7) is 6.96. The molecule has 0 unspecified atom stereocenters. The first-order valence-corrected chi connectivity index (χ1v) is 12.0. The van der Waals surface area contributed by atoms with E-state index in [4.69, 9.17) is 4.74 Å². The Labute approximate surface area is 201 Å². The monoisotopic (exact) mass is 459 g/mol. The molecule has 34 heavy (non-hydrogen) atoms. The molecule has 178 valence electrons. The van der Waals surface area contributed by atoms with Crippen molar-refractivity contribution in [1.29, 1.82) is 0 Å². The number of benzene rings is 2. The van der Waals surface area contributed by atoms with E-state index < -0.39 is 0 Å². The van der Waals surface area contributed by atoms with Gasteiger partial charge >= 0.3 is 0 Å². The molecule has 1 aliphatic heterocycles. The molecule has 5 rings (SSSR count). The lowest BCUT2D eigenvalue weighted by atomic mass is 10.0. The fourth-order valence-corrected chi connectivity index (χ4v) is 4.80. The highest BCUT2D eigenvalue weighted by Gasteiger charge is 2.45. The van der Waals surface area contributed by atoms with Gasteiger partial charge in [0.2, 0.25) is 0 Å². The number of amides is 1. The van der Waals surface area contributed by atoms with E-state index in [1.807, 2.05) is 51.5 Å². The third-order valence-corrected chi connectivity index (χ3v) is 7.11. The van der Waals surface area contributed by atoms with Crippen molar-refractivity contribution in [2.75, 3.05) is 31.6 Å². The molecule has 1 atom stereocenters. The zero-order chi connectivity index (χ0) is 23.9. The largest absolute Gasteiger partial charge is 0.497 e.